The van der Waals surface area contributed by atoms with Crippen molar-refractivity contribution in [2.75, 3.05) is 5.32 Å². The molecule has 1 heterocycles. The summed E-state index contributed by atoms with van der Waals surface area (Å²) in [4.78, 5) is 16.5. The van der Waals surface area contributed by atoms with E-state index in [2.05, 4.69) is 10.3 Å². The second-order valence-electron chi connectivity index (χ2n) is 4.73. The molecule has 1 amide bonds. The Morgan fingerprint density at radius 1 is 1.37 bits per heavy atom. The standard InChI is InChI=1S/C14H15N3OS/c15-12(10-4-2-1-3-5-10)13(18)17-14-16-11(8-19-14)9-6-7-9/h1-5,8-9,12H,6-7,15H2,(H,16,17,18)/t12-/m1/s1. The molecular weight excluding hydrogens is 258 g/mol. The molecule has 98 valence electrons. The largest absolute Gasteiger partial charge is 0.316 e. The van der Waals surface area contributed by atoms with Gasteiger partial charge in [-0.25, -0.2) is 4.98 Å². The van der Waals surface area contributed by atoms with Gasteiger partial charge in [0.15, 0.2) is 5.13 Å². The number of nitrogens with one attached hydrogen (secondary N) is 1. The van der Waals surface area contributed by atoms with E-state index >= 15 is 0 Å². The minimum Gasteiger partial charge on any atom is -0.316 e. The van der Waals surface area contributed by atoms with Crippen LogP contribution in [-0.2, 0) is 4.79 Å². The van der Waals surface area contributed by atoms with Crippen molar-refractivity contribution < 1.29 is 4.79 Å². The molecule has 0 radical (unpaired) electrons. The summed E-state index contributed by atoms with van der Waals surface area (Å²) in [7, 11) is 0. The number of carbonyl (C=O) groups is 1. The Morgan fingerprint density at radius 3 is 2.79 bits per heavy atom. The summed E-state index contributed by atoms with van der Waals surface area (Å²) in [6, 6.07) is 8.68. The van der Waals surface area contributed by atoms with E-state index < -0.39 is 6.04 Å². The molecule has 3 rings (SSSR count). The Bertz CT molecular complexity index is 577. The molecule has 4 nitrogen and oxygen atoms in total. The third kappa shape index (κ3) is 2.83. The maximum Gasteiger partial charge on any atom is 0.247 e. The van der Waals surface area contributed by atoms with Gasteiger partial charge >= 0.3 is 0 Å². The van der Waals surface area contributed by atoms with Crippen LogP contribution in [0.25, 0.3) is 0 Å². The molecule has 1 fully saturated rings. The molecule has 5 heteroatoms. The monoisotopic (exact) mass is 273 g/mol. The van der Waals surface area contributed by atoms with Gasteiger partial charge in [0, 0.05) is 11.3 Å². The molecule has 0 aliphatic heterocycles. The van der Waals surface area contributed by atoms with E-state index in [-0.39, 0.29) is 5.91 Å². The van der Waals surface area contributed by atoms with Crippen LogP contribution < -0.4 is 11.1 Å². The molecular formula is C14H15N3OS. The number of benzene rings is 1. The number of nitrogens with two attached hydrogens (primary N) is 1. The highest BCUT2D eigenvalue weighted by molar-refractivity contribution is 7.13. The zero-order valence-corrected chi connectivity index (χ0v) is 11.2. The van der Waals surface area contributed by atoms with Gasteiger partial charge in [-0.1, -0.05) is 30.3 Å². The van der Waals surface area contributed by atoms with E-state index in [1.54, 1.807) is 0 Å². The SMILES string of the molecule is N[C@@H](C(=O)Nc1nc(C2CC2)cs1)c1ccccc1. The van der Waals surface area contributed by atoms with Gasteiger partial charge in [0.05, 0.1) is 5.69 Å². The Kier molecular flexibility index (Phi) is 3.31. The molecule has 0 unspecified atom stereocenters. The normalized spacial score (nSPS) is 16.1. The average molecular weight is 273 g/mol. The number of anilines is 1. The molecule has 1 aromatic carbocycles. The van der Waals surface area contributed by atoms with Crippen molar-refractivity contribution in [3.63, 3.8) is 0 Å². The van der Waals surface area contributed by atoms with Crippen LogP contribution in [0.1, 0.15) is 36.1 Å². The highest BCUT2D eigenvalue weighted by Crippen LogP contribution is 2.40. The van der Waals surface area contributed by atoms with E-state index in [0.717, 1.165) is 11.3 Å². The third-order valence-electron chi connectivity index (χ3n) is 3.19. The van der Waals surface area contributed by atoms with Crippen LogP contribution in [-0.4, -0.2) is 10.9 Å². The van der Waals surface area contributed by atoms with Gasteiger partial charge in [-0.3, -0.25) is 4.79 Å². The number of aromatic nitrogens is 1. The average Bonchev–Trinajstić information content (AvgIpc) is 3.20. The maximum atomic E-state index is 12.0. The van der Waals surface area contributed by atoms with Gasteiger partial charge in [0.1, 0.15) is 6.04 Å². The fraction of sp³-hybridized carbons (Fsp3) is 0.286. The van der Waals surface area contributed by atoms with Crippen molar-refractivity contribution in [3.05, 3.63) is 47.0 Å². The topological polar surface area (TPSA) is 68.0 Å². The predicted octanol–water partition coefficient (Wildman–Crippen LogP) is 2.66. The lowest BCUT2D eigenvalue weighted by atomic mass is 10.1. The van der Waals surface area contributed by atoms with Crippen LogP contribution in [0.15, 0.2) is 35.7 Å². The molecule has 1 atom stereocenters. The Hall–Kier alpha value is -1.72. The van der Waals surface area contributed by atoms with Crippen molar-refractivity contribution in [3.8, 4) is 0 Å². The number of hydrogen-bond acceptors (Lipinski definition) is 4. The molecule has 0 bridgehead atoms. The first-order valence-electron chi connectivity index (χ1n) is 6.31. The van der Waals surface area contributed by atoms with Crippen molar-refractivity contribution in [2.45, 2.75) is 24.8 Å². The lowest BCUT2D eigenvalue weighted by Crippen LogP contribution is -2.27. The fourth-order valence-corrected chi connectivity index (χ4v) is 2.70. The van der Waals surface area contributed by atoms with Crippen LogP contribution in [0.2, 0.25) is 0 Å². The Morgan fingerprint density at radius 2 is 2.11 bits per heavy atom. The van der Waals surface area contributed by atoms with Crippen molar-refractivity contribution >= 4 is 22.4 Å². The predicted molar refractivity (Wildman–Crippen MR) is 76.1 cm³/mol. The number of thiazole rings is 1. The van der Waals surface area contributed by atoms with Gasteiger partial charge in [-0.2, -0.15) is 0 Å². The zero-order chi connectivity index (χ0) is 13.2. The second-order valence-corrected chi connectivity index (χ2v) is 5.59. The van der Waals surface area contributed by atoms with Crippen LogP contribution in [0.3, 0.4) is 0 Å². The molecule has 1 saturated carbocycles. The van der Waals surface area contributed by atoms with Crippen molar-refractivity contribution in [1.82, 2.24) is 4.98 Å². The number of amides is 1. The zero-order valence-electron chi connectivity index (χ0n) is 10.4. The van der Waals surface area contributed by atoms with Crippen LogP contribution >= 0.6 is 11.3 Å². The fourth-order valence-electron chi connectivity index (χ4n) is 1.91. The second kappa shape index (κ2) is 5.11. The first-order valence-corrected chi connectivity index (χ1v) is 7.19. The van der Waals surface area contributed by atoms with E-state index in [9.17, 15) is 4.79 Å². The molecule has 0 saturated heterocycles. The highest BCUT2D eigenvalue weighted by atomic mass is 32.1. The van der Waals surface area contributed by atoms with Gasteiger partial charge in [-0.05, 0) is 18.4 Å². The molecule has 0 spiro atoms. The lowest BCUT2D eigenvalue weighted by molar-refractivity contribution is -0.117. The van der Waals surface area contributed by atoms with Crippen molar-refractivity contribution in [2.24, 2.45) is 5.73 Å². The summed E-state index contributed by atoms with van der Waals surface area (Å²) in [5.74, 6) is 0.382. The third-order valence-corrected chi connectivity index (χ3v) is 3.96. The molecule has 19 heavy (non-hydrogen) atoms. The van der Waals surface area contributed by atoms with Crippen LogP contribution in [0.4, 0.5) is 5.13 Å². The minimum atomic E-state index is -0.658. The van der Waals surface area contributed by atoms with Gasteiger partial charge < -0.3 is 11.1 Å². The number of rotatable bonds is 4. The van der Waals surface area contributed by atoms with E-state index in [1.165, 1.54) is 24.2 Å². The first-order chi connectivity index (χ1) is 9.24. The molecule has 1 aromatic heterocycles. The summed E-state index contributed by atoms with van der Waals surface area (Å²) < 4.78 is 0. The Labute approximate surface area is 115 Å². The van der Waals surface area contributed by atoms with Crippen LogP contribution in [0.5, 0.6) is 0 Å². The van der Waals surface area contributed by atoms with Crippen LogP contribution in [0, 0.1) is 0 Å². The van der Waals surface area contributed by atoms with Gasteiger partial charge in [0.2, 0.25) is 5.91 Å². The first kappa shape index (κ1) is 12.3. The quantitative estimate of drug-likeness (QED) is 0.900. The molecule has 2 aromatic rings. The molecule has 1 aliphatic carbocycles. The van der Waals surface area contributed by atoms with Gasteiger partial charge in [-0.15, -0.1) is 11.3 Å². The summed E-state index contributed by atoms with van der Waals surface area (Å²) in [5.41, 5.74) is 7.83. The summed E-state index contributed by atoms with van der Waals surface area (Å²) in [6.07, 6.45) is 2.42. The number of nitrogens with zero attached hydrogens (tertiary/aromatic N) is 1. The smallest absolute Gasteiger partial charge is 0.247 e. The van der Waals surface area contributed by atoms with Gasteiger partial charge in [0.25, 0.3) is 0 Å². The number of carbonyl (C=O) groups excluding carboxylic acids is 1. The van der Waals surface area contributed by atoms with E-state index in [4.69, 9.17) is 5.73 Å². The molecule has 1 aliphatic rings. The summed E-state index contributed by atoms with van der Waals surface area (Å²) >= 11 is 1.46. The van der Waals surface area contributed by atoms with Crippen molar-refractivity contribution in [1.29, 1.82) is 0 Å². The summed E-state index contributed by atoms with van der Waals surface area (Å²) in [5, 5.41) is 5.44. The highest BCUT2D eigenvalue weighted by Gasteiger charge is 2.26. The summed E-state index contributed by atoms with van der Waals surface area (Å²) in [6.45, 7) is 0. The van der Waals surface area contributed by atoms with E-state index in [1.807, 2.05) is 35.7 Å². The number of hydrogen-bond donors (Lipinski definition) is 2. The maximum absolute atomic E-state index is 12.0. The Balaban J connectivity index is 1.66. The lowest BCUT2D eigenvalue weighted by Gasteiger charge is -2.10. The van der Waals surface area contributed by atoms with E-state index in [0.29, 0.717) is 11.0 Å². The molecule has 3 N–H and O–H groups in total. The minimum absolute atomic E-state index is 0.220.